The molecule has 0 saturated carbocycles. The Morgan fingerprint density at radius 1 is 1.28 bits per heavy atom. The van der Waals surface area contributed by atoms with Gasteiger partial charge in [-0.25, -0.2) is 5.10 Å². The Kier molecular flexibility index (Phi) is 6.71. The third-order valence-corrected chi connectivity index (χ3v) is 4.89. The van der Waals surface area contributed by atoms with Crippen LogP contribution in [0, 0.1) is 11.8 Å². The molecule has 29 heavy (non-hydrogen) atoms. The first-order chi connectivity index (χ1) is 14.0. The van der Waals surface area contributed by atoms with Crippen LogP contribution in [0.2, 0.25) is 0 Å². The number of aromatic nitrogens is 5. The molecule has 0 spiro atoms. The topological polar surface area (TPSA) is 137 Å². The number of H-pyrrole nitrogens is 1. The van der Waals surface area contributed by atoms with Crippen LogP contribution in [0.5, 0.6) is 0 Å². The van der Waals surface area contributed by atoms with Crippen LogP contribution < -0.4 is 5.32 Å². The van der Waals surface area contributed by atoms with Gasteiger partial charge in [-0.3, -0.25) is 9.78 Å². The summed E-state index contributed by atoms with van der Waals surface area (Å²) in [6, 6.07) is 7.88. The van der Waals surface area contributed by atoms with Gasteiger partial charge in [0.25, 0.3) is 0 Å². The van der Waals surface area contributed by atoms with Crippen molar-refractivity contribution >= 4 is 22.6 Å². The average Bonchev–Trinajstić information content (AvgIpc) is 3.23. The molecular weight excluding hydrogens is 372 g/mol. The third-order valence-electron chi connectivity index (χ3n) is 4.89. The zero-order valence-electron chi connectivity index (χ0n) is 16.5. The summed E-state index contributed by atoms with van der Waals surface area (Å²) in [5.41, 5.74) is 2.63. The van der Waals surface area contributed by atoms with Gasteiger partial charge in [-0.1, -0.05) is 26.0 Å². The number of carboxylic acids is 1. The van der Waals surface area contributed by atoms with Crippen LogP contribution in [0.1, 0.15) is 37.6 Å². The summed E-state index contributed by atoms with van der Waals surface area (Å²) in [5, 5.41) is 36.8. The van der Waals surface area contributed by atoms with E-state index in [1.54, 1.807) is 6.20 Å². The van der Waals surface area contributed by atoms with E-state index in [4.69, 9.17) is 5.11 Å². The van der Waals surface area contributed by atoms with Crippen molar-refractivity contribution in [3.05, 3.63) is 41.9 Å². The van der Waals surface area contributed by atoms with Crippen molar-refractivity contribution in [2.45, 2.75) is 32.6 Å². The van der Waals surface area contributed by atoms with E-state index in [0.29, 0.717) is 25.2 Å². The molecule has 0 amide bonds. The van der Waals surface area contributed by atoms with Gasteiger partial charge in [0, 0.05) is 17.8 Å². The van der Waals surface area contributed by atoms with Gasteiger partial charge in [-0.05, 0) is 46.9 Å². The van der Waals surface area contributed by atoms with Gasteiger partial charge in [-0.15, -0.1) is 5.10 Å². The highest BCUT2D eigenvalue weighted by atomic mass is 16.4. The van der Waals surface area contributed by atoms with E-state index in [2.05, 4.69) is 30.9 Å². The Hall–Kier alpha value is -3.07. The number of nitrogens with zero attached hydrogens (tertiary/aromatic N) is 4. The molecule has 1 aromatic carbocycles. The van der Waals surface area contributed by atoms with Crippen LogP contribution in [0.3, 0.4) is 0 Å². The summed E-state index contributed by atoms with van der Waals surface area (Å²) >= 11 is 0. The highest BCUT2D eigenvalue weighted by Crippen LogP contribution is 2.32. The lowest BCUT2D eigenvalue weighted by atomic mass is 9.81. The minimum Gasteiger partial charge on any atom is -0.481 e. The molecule has 0 bridgehead atoms. The van der Waals surface area contributed by atoms with Crippen molar-refractivity contribution in [3.63, 3.8) is 0 Å². The van der Waals surface area contributed by atoms with Gasteiger partial charge in [0.1, 0.15) is 0 Å². The number of rotatable bonds is 10. The Bertz CT molecular complexity index is 945. The van der Waals surface area contributed by atoms with Gasteiger partial charge in [-0.2, -0.15) is 0 Å². The van der Waals surface area contributed by atoms with Crippen LogP contribution in [0.4, 0.5) is 5.69 Å². The molecule has 9 nitrogen and oxygen atoms in total. The van der Waals surface area contributed by atoms with Crippen LogP contribution in [-0.4, -0.2) is 54.9 Å². The number of carbonyl (C=O) groups is 1. The van der Waals surface area contributed by atoms with E-state index in [9.17, 15) is 9.90 Å². The molecule has 2 heterocycles. The fourth-order valence-electron chi connectivity index (χ4n) is 3.54. The second-order valence-corrected chi connectivity index (χ2v) is 7.57. The number of fused-ring (bicyclic) bond motifs is 1. The number of carboxylic acid groups (broad SMARTS) is 1. The van der Waals surface area contributed by atoms with E-state index in [1.165, 1.54) is 0 Å². The van der Waals surface area contributed by atoms with Crippen molar-refractivity contribution in [1.29, 1.82) is 0 Å². The quantitative estimate of drug-likeness (QED) is 0.408. The van der Waals surface area contributed by atoms with E-state index in [0.717, 1.165) is 22.2 Å². The monoisotopic (exact) mass is 398 g/mol. The Labute approximate surface area is 168 Å². The molecule has 0 unspecified atom stereocenters. The number of aliphatic hydroxyl groups is 1. The molecule has 3 rings (SSSR count). The first-order valence-electron chi connectivity index (χ1n) is 9.67. The molecule has 3 aromatic rings. The minimum absolute atomic E-state index is 0.0516. The zero-order chi connectivity index (χ0) is 20.8. The highest BCUT2D eigenvalue weighted by Gasteiger charge is 2.32. The van der Waals surface area contributed by atoms with E-state index < -0.39 is 11.9 Å². The van der Waals surface area contributed by atoms with Crippen LogP contribution >= 0.6 is 0 Å². The summed E-state index contributed by atoms with van der Waals surface area (Å²) in [5.74, 6) is -1.10. The second kappa shape index (κ2) is 9.42. The van der Waals surface area contributed by atoms with Crippen LogP contribution in [-0.2, 0) is 11.2 Å². The van der Waals surface area contributed by atoms with Crippen molar-refractivity contribution in [3.8, 4) is 0 Å². The molecule has 2 aromatic heterocycles. The molecule has 0 radical (unpaired) electrons. The predicted molar refractivity (Wildman–Crippen MR) is 109 cm³/mol. The lowest BCUT2D eigenvalue weighted by Gasteiger charge is -2.23. The number of hydrogen-bond donors (Lipinski definition) is 4. The molecule has 0 aliphatic carbocycles. The smallest absolute Gasteiger partial charge is 0.307 e. The number of benzene rings is 1. The maximum atomic E-state index is 12.0. The van der Waals surface area contributed by atoms with E-state index in [1.807, 2.05) is 38.1 Å². The first-order valence-corrected chi connectivity index (χ1v) is 9.67. The average molecular weight is 398 g/mol. The van der Waals surface area contributed by atoms with Crippen molar-refractivity contribution in [2.24, 2.45) is 11.8 Å². The Morgan fingerprint density at radius 2 is 2.10 bits per heavy atom. The normalized spacial score (nSPS) is 13.5. The van der Waals surface area contributed by atoms with Gasteiger partial charge >= 0.3 is 5.97 Å². The number of anilines is 1. The van der Waals surface area contributed by atoms with Crippen LogP contribution in [0.25, 0.3) is 10.9 Å². The largest absolute Gasteiger partial charge is 0.481 e. The third kappa shape index (κ3) is 5.26. The minimum atomic E-state index is -0.849. The summed E-state index contributed by atoms with van der Waals surface area (Å²) in [6.45, 7) is 4.53. The number of aliphatic hydroxyl groups excluding tert-OH is 1. The molecular formula is C20H26N6O3. The van der Waals surface area contributed by atoms with Gasteiger partial charge in [0.15, 0.2) is 5.82 Å². The van der Waals surface area contributed by atoms with Gasteiger partial charge in [0.05, 0.1) is 29.9 Å². The van der Waals surface area contributed by atoms with E-state index >= 15 is 0 Å². The number of tetrazole rings is 1. The summed E-state index contributed by atoms with van der Waals surface area (Å²) in [4.78, 5) is 16.5. The number of aromatic amines is 1. The number of hydrogen-bond acceptors (Lipinski definition) is 7. The molecule has 0 saturated heterocycles. The van der Waals surface area contributed by atoms with Crippen LogP contribution in [0.15, 0.2) is 30.5 Å². The maximum absolute atomic E-state index is 12.0. The Morgan fingerprint density at radius 3 is 2.76 bits per heavy atom. The zero-order valence-corrected chi connectivity index (χ0v) is 16.5. The van der Waals surface area contributed by atoms with E-state index in [-0.39, 0.29) is 18.4 Å². The highest BCUT2D eigenvalue weighted by molar-refractivity contribution is 5.82. The number of pyridine rings is 1. The molecule has 0 aliphatic rings. The van der Waals surface area contributed by atoms with Crippen molar-refractivity contribution in [1.82, 2.24) is 25.6 Å². The standard InChI is InChI=1S/C20H26N6O3/c1-12(2)7-17(20(28)29)16(19-23-25-26-24-19)8-13-3-4-14-10-15(21-5-6-27)11-22-18(14)9-13/h3-4,9-12,16-17,21,27H,5-8H2,1-2H3,(H,28,29)(H,23,24,25,26)/t16-,17-/m0/s1. The molecule has 0 fully saturated rings. The predicted octanol–water partition coefficient (Wildman–Crippen LogP) is 2.23. The van der Waals surface area contributed by atoms with Gasteiger partial charge < -0.3 is 15.5 Å². The fourth-order valence-corrected chi connectivity index (χ4v) is 3.54. The van der Waals surface area contributed by atoms with Crippen molar-refractivity contribution in [2.75, 3.05) is 18.5 Å². The Balaban J connectivity index is 1.88. The SMILES string of the molecule is CC(C)C[C@H](C(=O)O)[C@H](Cc1ccc2cc(NCCO)cnc2c1)c1nnn[nH]1. The lowest BCUT2D eigenvalue weighted by Crippen LogP contribution is -2.26. The lowest BCUT2D eigenvalue weighted by molar-refractivity contribution is -0.143. The molecule has 4 N–H and O–H groups in total. The second-order valence-electron chi connectivity index (χ2n) is 7.57. The van der Waals surface area contributed by atoms with Gasteiger partial charge in [0.2, 0.25) is 0 Å². The fraction of sp³-hybridized carbons (Fsp3) is 0.450. The molecule has 9 heteroatoms. The first kappa shape index (κ1) is 20.7. The molecule has 2 atom stereocenters. The summed E-state index contributed by atoms with van der Waals surface area (Å²) < 4.78 is 0. The molecule has 154 valence electrons. The summed E-state index contributed by atoms with van der Waals surface area (Å²) in [7, 11) is 0. The molecule has 0 aliphatic heterocycles. The maximum Gasteiger partial charge on any atom is 0.307 e. The van der Waals surface area contributed by atoms with Crippen molar-refractivity contribution < 1.29 is 15.0 Å². The summed E-state index contributed by atoms with van der Waals surface area (Å²) in [6.07, 6.45) is 2.74. The number of aliphatic carboxylic acids is 1. The number of nitrogens with one attached hydrogen (secondary N) is 2.